The molecule has 1 heterocycles. The average molecular weight is 279 g/mol. The van der Waals surface area contributed by atoms with Gasteiger partial charge in [-0.25, -0.2) is 4.39 Å². The first-order valence-electron chi connectivity index (χ1n) is 6.59. The highest BCUT2D eigenvalue weighted by Crippen LogP contribution is 2.15. The summed E-state index contributed by atoms with van der Waals surface area (Å²) in [6.45, 7) is 3.36. The van der Waals surface area contributed by atoms with Crippen molar-refractivity contribution in [3.8, 4) is 0 Å². The van der Waals surface area contributed by atoms with E-state index in [1.807, 2.05) is 0 Å². The lowest BCUT2D eigenvalue weighted by atomic mass is 10.1. The SMILES string of the molecule is CC1NCCCN(Cc2ccc(C(N)=O)cc2F)C1=O. The van der Waals surface area contributed by atoms with Crippen LogP contribution in [0.2, 0.25) is 0 Å². The number of nitrogens with zero attached hydrogens (tertiary/aromatic N) is 1. The lowest BCUT2D eigenvalue weighted by Gasteiger charge is -2.23. The molecule has 1 aromatic carbocycles. The Labute approximate surface area is 116 Å². The van der Waals surface area contributed by atoms with Gasteiger partial charge in [0, 0.05) is 24.2 Å². The summed E-state index contributed by atoms with van der Waals surface area (Å²) in [5, 5.41) is 3.10. The highest BCUT2D eigenvalue weighted by atomic mass is 19.1. The molecule has 1 aromatic rings. The summed E-state index contributed by atoms with van der Waals surface area (Å²) in [4.78, 5) is 24.7. The highest BCUT2D eigenvalue weighted by molar-refractivity contribution is 5.92. The molecule has 1 aliphatic heterocycles. The Morgan fingerprint density at radius 2 is 2.30 bits per heavy atom. The van der Waals surface area contributed by atoms with Crippen LogP contribution in [0.3, 0.4) is 0 Å². The fourth-order valence-electron chi connectivity index (χ4n) is 2.25. The van der Waals surface area contributed by atoms with Crippen molar-refractivity contribution in [1.82, 2.24) is 10.2 Å². The average Bonchev–Trinajstić information content (AvgIpc) is 2.56. The Morgan fingerprint density at radius 3 is 2.95 bits per heavy atom. The number of carbonyl (C=O) groups is 2. The number of carbonyl (C=O) groups excluding carboxylic acids is 2. The molecule has 0 bridgehead atoms. The molecule has 20 heavy (non-hydrogen) atoms. The lowest BCUT2D eigenvalue weighted by molar-refractivity contribution is -0.132. The first-order valence-corrected chi connectivity index (χ1v) is 6.59. The molecule has 0 saturated carbocycles. The molecule has 2 amide bonds. The number of amides is 2. The van der Waals surface area contributed by atoms with Gasteiger partial charge in [-0.15, -0.1) is 0 Å². The van der Waals surface area contributed by atoms with Crippen LogP contribution >= 0.6 is 0 Å². The third-order valence-corrected chi connectivity index (χ3v) is 3.44. The molecule has 5 nitrogen and oxygen atoms in total. The monoisotopic (exact) mass is 279 g/mol. The number of hydrogen-bond donors (Lipinski definition) is 2. The van der Waals surface area contributed by atoms with Crippen LogP contribution in [0.5, 0.6) is 0 Å². The van der Waals surface area contributed by atoms with Crippen LogP contribution in [0.4, 0.5) is 4.39 Å². The van der Waals surface area contributed by atoms with Gasteiger partial charge in [-0.1, -0.05) is 6.07 Å². The summed E-state index contributed by atoms with van der Waals surface area (Å²) in [6.07, 6.45) is 0.830. The van der Waals surface area contributed by atoms with Crippen molar-refractivity contribution in [3.63, 3.8) is 0 Å². The Bertz CT molecular complexity index is 533. The van der Waals surface area contributed by atoms with Gasteiger partial charge in [0.15, 0.2) is 0 Å². The van der Waals surface area contributed by atoms with E-state index in [1.165, 1.54) is 12.1 Å². The first-order chi connectivity index (χ1) is 9.49. The smallest absolute Gasteiger partial charge is 0.248 e. The minimum atomic E-state index is -0.667. The van der Waals surface area contributed by atoms with E-state index in [4.69, 9.17) is 5.73 Å². The first kappa shape index (κ1) is 14.5. The Morgan fingerprint density at radius 1 is 1.55 bits per heavy atom. The van der Waals surface area contributed by atoms with E-state index < -0.39 is 11.7 Å². The fourth-order valence-corrected chi connectivity index (χ4v) is 2.25. The summed E-state index contributed by atoms with van der Waals surface area (Å²) in [5.74, 6) is -1.22. The predicted molar refractivity (Wildman–Crippen MR) is 72.4 cm³/mol. The van der Waals surface area contributed by atoms with Gasteiger partial charge in [0.2, 0.25) is 11.8 Å². The second kappa shape index (κ2) is 6.00. The largest absolute Gasteiger partial charge is 0.366 e. The minimum absolute atomic E-state index is 0.0409. The molecule has 2 rings (SSSR count). The van der Waals surface area contributed by atoms with Gasteiger partial charge in [-0.3, -0.25) is 9.59 Å². The summed E-state index contributed by atoms with van der Waals surface area (Å²) >= 11 is 0. The van der Waals surface area contributed by atoms with E-state index in [-0.39, 0.29) is 24.1 Å². The summed E-state index contributed by atoms with van der Waals surface area (Å²) in [7, 11) is 0. The van der Waals surface area contributed by atoms with Crippen LogP contribution in [0.15, 0.2) is 18.2 Å². The molecule has 1 saturated heterocycles. The Hall–Kier alpha value is -1.95. The van der Waals surface area contributed by atoms with Gasteiger partial charge >= 0.3 is 0 Å². The molecule has 0 radical (unpaired) electrons. The molecule has 108 valence electrons. The van der Waals surface area contributed by atoms with Crippen molar-refractivity contribution in [2.75, 3.05) is 13.1 Å². The molecule has 6 heteroatoms. The van der Waals surface area contributed by atoms with Crippen LogP contribution in [-0.2, 0) is 11.3 Å². The zero-order chi connectivity index (χ0) is 14.7. The van der Waals surface area contributed by atoms with Crippen molar-refractivity contribution in [2.24, 2.45) is 5.73 Å². The number of benzene rings is 1. The van der Waals surface area contributed by atoms with Gasteiger partial charge in [0.05, 0.1) is 6.04 Å². The topological polar surface area (TPSA) is 75.4 Å². The van der Waals surface area contributed by atoms with Crippen LogP contribution in [0.1, 0.15) is 29.3 Å². The van der Waals surface area contributed by atoms with E-state index in [0.29, 0.717) is 12.1 Å². The molecule has 1 aliphatic rings. The van der Waals surface area contributed by atoms with Gasteiger partial charge in [0.1, 0.15) is 5.82 Å². The zero-order valence-electron chi connectivity index (χ0n) is 11.4. The second-order valence-electron chi connectivity index (χ2n) is 4.96. The normalized spacial score (nSPS) is 19.8. The lowest BCUT2D eigenvalue weighted by Crippen LogP contribution is -2.41. The maximum Gasteiger partial charge on any atom is 0.248 e. The maximum absolute atomic E-state index is 13.9. The van der Waals surface area contributed by atoms with Gasteiger partial charge in [-0.2, -0.15) is 0 Å². The zero-order valence-corrected chi connectivity index (χ0v) is 11.4. The molecular formula is C14H18FN3O2. The van der Waals surface area contributed by atoms with Gasteiger partial charge < -0.3 is 16.0 Å². The van der Waals surface area contributed by atoms with Crippen LogP contribution in [0.25, 0.3) is 0 Å². The minimum Gasteiger partial charge on any atom is -0.366 e. The number of primary amides is 1. The number of rotatable bonds is 3. The molecule has 0 spiro atoms. The molecule has 1 atom stereocenters. The Balaban J connectivity index is 2.16. The van der Waals surface area contributed by atoms with Crippen LogP contribution in [-0.4, -0.2) is 35.8 Å². The van der Waals surface area contributed by atoms with E-state index in [9.17, 15) is 14.0 Å². The molecule has 3 N–H and O–H groups in total. The summed E-state index contributed by atoms with van der Waals surface area (Å²) in [6, 6.07) is 3.84. The number of hydrogen-bond acceptors (Lipinski definition) is 3. The third kappa shape index (κ3) is 3.14. The van der Waals surface area contributed by atoms with E-state index >= 15 is 0 Å². The number of halogens is 1. The summed E-state index contributed by atoms with van der Waals surface area (Å²) < 4.78 is 13.9. The van der Waals surface area contributed by atoms with Gasteiger partial charge in [0.25, 0.3) is 0 Å². The van der Waals surface area contributed by atoms with Crippen molar-refractivity contribution >= 4 is 11.8 Å². The van der Waals surface area contributed by atoms with Crippen molar-refractivity contribution < 1.29 is 14.0 Å². The summed E-state index contributed by atoms with van der Waals surface area (Å²) in [5.41, 5.74) is 5.61. The van der Waals surface area contributed by atoms with Crippen molar-refractivity contribution in [3.05, 3.63) is 35.1 Å². The van der Waals surface area contributed by atoms with E-state index in [2.05, 4.69) is 5.32 Å². The third-order valence-electron chi connectivity index (χ3n) is 3.44. The predicted octanol–water partition coefficient (Wildman–Crippen LogP) is 0.635. The molecule has 0 aromatic heterocycles. The second-order valence-corrected chi connectivity index (χ2v) is 4.96. The van der Waals surface area contributed by atoms with E-state index in [1.54, 1.807) is 11.8 Å². The molecular weight excluding hydrogens is 261 g/mol. The number of nitrogens with one attached hydrogen (secondary N) is 1. The quantitative estimate of drug-likeness (QED) is 0.852. The van der Waals surface area contributed by atoms with Crippen LogP contribution < -0.4 is 11.1 Å². The molecule has 1 fully saturated rings. The number of nitrogens with two attached hydrogens (primary N) is 1. The van der Waals surface area contributed by atoms with Crippen LogP contribution in [0, 0.1) is 5.82 Å². The van der Waals surface area contributed by atoms with Crippen molar-refractivity contribution in [2.45, 2.75) is 25.9 Å². The standard InChI is InChI=1S/C14H18FN3O2/c1-9-14(20)18(6-2-5-17-9)8-11-4-3-10(13(16)19)7-12(11)15/h3-4,7,9,17H,2,5-6,8H2,1H3,(H2,16,19). The fraction of sp³-hybridized carbons (Fsp3) is 0.429. The molecule has 0 aliphatic carbocycles. The van der Waals surface area contributed by atoms with Crippen molar-refractivity contribution in [1.29, 1.82) is 0 Å². The molecule has 1 unspecified atom stereocenters. The highest BCUT2D eigenvalue weighted by Gasteiger charge is 2.23. The maximum atomic E-state index is 13.9. The van der Waals surface area contributed by atoms with E-state index in [0.717, 1.165) is 19.0 Å². The van der Waals surface area contributed by atoms with Gasteiger partial charge in [-0.05, 0) is 32.0 Å². The Kier molecular flexibility index (Phi) is 4.34.